The predicted molar refractivity (Wildman–Crippen MR) is 125 cm³/mol. The van der Waals surface area contributed by atoms with Crippen molar-refractivity contribution in [2.24, 2.45) is 0 Å². The minimum absolute atomic E-state index is 0.226. The van der Waals surface area contributed by atoms with E-state index in [1.165, 1.54) is 38.3 Å². The number of nitrogens with one attached hydrogen (secondary N) is 2. The van der Waals surface area contributed by atoms with Gasteiger partial charge in [-0.3, -0.25) is 14.2 Å². The number of carbonyl (C=O) groups excluding carboxylic acids is 2. The van der Waals surface area contributed by atoms with Crippen LogP contribution in [0.2, 0.25) is 0 Å². The first-order chi connectivity index (χ1) is 16.4. The molecule has 0 fully saturated rings. The lowest BCUT2D eigenvalue weighted by Gasteiger charge is -2.17. The highest BCUT2D eigenvalue weighted by Crippen LogP contribution is 2.29. The van der Waals surface area contributed by atoms with E-state index in [-0.39, 0.29) is 18.4 Å². The fraction of sp³-hybridized carbons (Fsp3) is 0.250. The van der Waals surface area contributed by atoms with Crippen molar-refractivity contribution in [3.63, 3.8) is 0 Å². The molecule has 4 aromatic rings. The Morgan fingerprint density at radius 1 is 1.09 bits per heavy atom. The maximum atomic E-state index is 13.0. The summed E-state index contributed by atoms with van der Waals surface area (Å²) in [5.41, 5.74) is 1.77. The van der Waals surface area contributed by atoms with E-state index in [1.54, 1.807) is 12.3 Å². The van der Waals surface area contributed by atoms with Crippen molar-refractivity contribution in [2.75, 3.05) is 21.3 Å². The highest BCUT2D eigenvalue weighted by Gasteiger charge is 2.24. The Bertz CT molecular complexity index is 1420. The number of ether oxygens (including phenoxy) is 3. The van der Waals surface area contributed by atoms with Gasteiger partial charge in [-0.25, -0.2) is 9.78 Å². The van der Waals surface area contributed by atoms with Gasteiger partial charge in [0.25, 0.3) is 5.56 Å². The van der Waals surface area contributed by atoms with Crippen LogP contribution in [0.3, 0.4) is 0 Å². The predicted octanol–water partition coefficient (Wildman–Crippen LogP) is 1.80. The van der Waals surface area contributed by atoms with Crippen LogP contribution >= 0.6 is 0 Å². The SMILES string of the molecule is COC(=O)C(Cc1c[nH]c2ccccc12)NC(=O)Cn1cnc2cc(OC)c(OC)cc2c1=O. The molecule has 1 amide bonds. The summed E-state index contributed by atoms with van der Waals surface area (Å²) in [6.45, 7) is -0.322. The number of carbonyl (C=O) groups is 2. The quantitative estimate of drug-likeness (QED) is 0.381. The van der Waals surface area contributed by atoms with Crippen LogP contribution < -0.4 is 20.3 Å². The number of benzene rings is 2. The maximum Gasteiger partial charge on any atom is 0.328 e. The summed E-state index contributed by atoms with van der Waals surface area (Å²) in [5, 5.41) is 3.90. The first-order valence-corrected chi connectivity index (χ1v) is 10.5. The van der Waals surface area contributed by atoms with E-state index in [9.17, 15) is 14.4 Å². The summed E-state index contributed by atoms with van der Waals surface area (Å²) in [4.78, 5) is 45.5. The molecule has 0 bridgehead atoms. The van der Waals surface area contributed by atoms with Crippen LogP contribution in [-0.2, 0) is 27.3 Å². The Labute approximate surface area is 194 Å². The summed E-state index contributed by atoms with van der Waals surface area (Å²) in [6, 6.07) is 9.85. The largest absolute Gasteiger partial charge is 0.493 e. The lowest BCUT2D eigenvalue weighted by Crippen LogP contribution is -2.45. The van der Waals surface area contributed by atoms with Crippen LogP contribution in [0.1, 0.15) is 5.56 Å². The number of rotatable bonds is 8. The van der Waals surface area contributed by atoms with Crippen LogP contribution in [0.25, 0.3) is 21.8 Å². The zero-order valence-electron chi connectivity index (χ0n) is 19.0. The second-order valence-electron chi connectivity index (χ2n) is 7.61. The molecule has 176 valence electrons. The maximum absolute atomic E-state index is 13.0. The molecule has 0 saturated heterocycles. The molecule has 0 spiro atoms. The van der Waals surface area contributed by atoms with Gasteiger partial charge in [0.05, 0.1) is 38.6 Å². The van der Waals surface area contributed by atoms with E-state index in [1.807, 2.05) is 24.3 Å². The zero-order valence-corrected chi connectivity index (χ0v) is 19.0. The van der Waals surface area contributed by atoms with Gasteiger partial charge in [0.1, 0.15) is 12.6 Å². The summed E-state index contributed by atoms with van der Waals surface area (Å²) >= 11 is 0. The molecule has 4 rings (SSSR count). The van der Waals surface area contributed by atoms with Gasteiger partial charge in [-0.2, -0.15) is 0 Å². The molecule has 0 aliphatic carbocycles. The van der Waals surface area contributed by atoms with Crippen LogP contribution in [-0.4, -0.2) is 53.8 Å². The van der Waals surface area contributed by atoms with E-state index >= 15 is 0 Å². The molecule has 2 heterocycles. The van der Waals surface area contributed by atoms with Crippen LogP contribution in [0, 0.1) is 0 Å². The Kier molecular flexibility index (Phi) is 6.48. The molecule has 1 atom stereocenters. The topological polar surface area (TPSA) is 125 Å². The van der Waals surface area contributed by atoms with Gasteiger partial charge in [0, 0.05) is 29.6 Å². The van der Waals surface area contributed by atoms with Crippen LogP contribution in [0.15, 0.2) is 53.7 Å². The number of nitrogens with zero attached hydrogens (tertiary/aromatic N) is 2. The molecule has 2 aromatic carbocycles. The van der Waals surface area contributed by atoms with Gasteiger partial charge in [0.2, 0.25) is 5.91 Å². The van der Waals surface area contributed by atoms with E-state index in [0.717, 1.165) is 16.5 Å². The molecule has 10 nitrogen and oxygen atoms in total. The fourth-order valence-corrected chi connectivity index (χ4v) is 3.85. The number of esters is 1. The van der Waals surface area contributed by atoms with E-state index in [0.29, 0.717) is 17.0 Å². The minimum Gasteiger partial charge on any atom is -0.493 e. The van der Waals surface area contributed by atoms with Crippen molar-refractivity contribution in [1.82, 2.24) is 19.9 Å². The number of amides is 1. The second-order valence-corrected chi connectivity index (χ2v) is 7.61. The average molecular weight is 464 g/mol. The first-order valence-electron chi connectivity index (χ1n) is 10.5. The first kappa shape index (κ1) is 22.8. The van der Waals surface area contributed by atoms with Gasteiger partial charge in [0.15, 0.2) is 11.5 Å². The Balaban J connectivity index is 1.56. The Morgan fingerprint density at radius 3 is 2.56 bits per heavy atom. The summed E-state index contributed by atoms with van der Waals surface area (Å²) < 4.78 is 16.6. The third-order valence-corrected chi connectivity index (χ3v) is 5.56. The molecule has 1 unspecified atom stereocenters. The van der Waals surface area contributed by atoms with Gasteiger partial charge in [-0.05, 0) is 17.7 Å². The molecular weight excluding hydrogens is 440 g/mol. The molecule has 0 saturated carbocycles. The highest BCUT2D eigenvalue weighted by molar-refractivity contribution is 5.87. The van der Waals surface area contributed by atoms with Crippen LogP contribution in [0.5, 0.6) is 11.5 Å². The third kappa shape index (κ3) is 4.42. The van der Waals surface area contributed by atoms with Gasteiger partial charge in [-0.15, -0.1) is 0 Å². The summed E-state index contributed by atoms with van der Waals surface area (Å²) in [7, 11) is 4.21. The lowest BCUT2D eigenvalue weighted by molar-refractivity contribution is -0.145. The molecule has 10 heteroatoms. The number of hydrogen-bond donors (Lipinski definition) is 2. The van der Waals surface area contributed by atoms with Gasteiger partial charge < -0.3 is 24.5 Å². The summed E-state index contributed by atoms with van der Waals surface area (Å²) in [6.07, 6.45) is 3.30. The van der Waals surface area contributed by atoms with E-state index < -0.39 is 23.5 Å². The standard InChI is InChI=1S/C24H24N4O6/c1-32-20-9-16-18(10-21(20)33-2)26-13-28(23(16)30)12-22(29)27-19(24(31)34-3)8-14-11-25-17-7-5-4-6-15(14)17/h4-7,9-11,13,19,25H,8,12H2,1-3H3,(H,27,29). The van der Waals surface area contributed by atoms with Crippen molar-refractivity contribution in [1.29, 1.82) is 0 Å². The monoisotopic (exact) mass is 464 g/mol. The number of fused-ring (bicyclic) bond motifs is 2. The number of H-pyrrole nitrogens is 1. The molecule has 2 aromatic heterocycles. The smallest absolute Gasteiger partial charge is 0.328 e. The summed E-state index contributed by atoms with van der Waals surface area (Å²) in [5.74, 6) is -0.297. The minimum atomic E-state index is -0.926. The zero-order chi connectivity index (χ0) is 24.2. The molecule has 0 radical (unpaired) electrons. The van der Waals surface area contributed by atoms with Gasteiger partial charge >= 0.3 is 5.97 Å². The lowest BCUT2D eigenvalue weighted by atomic mass is 10.0. The number of methoxy groups -OCH3 is 3. The molecule has 0 aliphatic rings. The van der Waals surface area contributed by atoms with Crippen molar-refractivity contribution in [2.45, 2.75) is 19.0 Å². The third-order valence-electron chi connectivity index (χ3n) is 5.56. The van der Waals surface area contributed by atoms with E-state index in [4.69, 9.17) is 14.2 Å². The second kappa shape index (κ2) is 9.65. The number of aromatic amines is 1. The van der Waals surface area contributed by atoms with Crippen molar-refractivity contribution in [3.05, 3.63) is 64.8 Å². The highest BCUT2D eigenvalue weighted by atomic mass is 16.5. The van der Waals surface area contributed by atoms with E-state index in [2.05, 4.69) is 15.3 Å². The number of aromatic nitrogens is 3. The molecule has 34 heavy (non-hydrogen) atoms. The Morgan fingerprint density at radius 2 is 1.82 bits per heavy atom. The van der Waals surface area contributed by atoms with Crippen LogP contribution in [0.4, 0.5) is 0 Å². The number of hydrogen-bond acceptors (Lipinski definition) is 7. The fourth-order valence-electron chi connectivity index (χ4n) is 3.85. The molecule has 0 aliphatic heterocycles. The normalized spacial score (nSPS) is 11.9. The average Bonchev–Trinajstić information content (AvgIpc) is 3.27. The number of para-hydroxylation sites is 1. The van der Waals surface area contributed by atoms with Gasteiger partial charge in [-0.1, -0.05) is 18.2 Å². The van der Waals surface area contributed by atoms with Crippen molar-refractivity contribution >= 4 is 33.7 Å². The molecule has 2 N–H and O–H groups in total. The Hall–Kier alpha value is -4.34. The van der Waals surface area contributed by atoms with Crippen molar-refractivity contribution in [3.8, 4) is 11.5 Å². The molecular formula is C24H24N4O6. The van der Waals surface area contributed by atoms with Crippen molar-refractivity contribution < 1.29 is 23.8 Å².